The standard InChI is InChI=1S/C25H26N6O2/c1-26-11-5-13-29-25(32)33-17-8-9-20-19(16-17)18(10-14-28-20)23-22-7-4-15-31(22)30-24(23)21-6-2-3-12-27-21/h2-3,6,8-10,12,14,16,26H,4-5,7,11,13,15H2,1H3,(H,29,32). The van der Waals surface area contributed by atoms with Crippen LogP contribution in [0.5, 0.6) is 5.75 Å². The van der Waals surface area contributed by atoms with E-state index in [1.165, 1.54) is 5.69 Å². The van der Waals surface area contributed by atoms with Crippen LogP contribution in [0.2, 0.25) is 0 Å². The van der Waals surface area contributed by atoms with Crippen LogP contribution in [0, 0.1) is 0 Å². The topological polar surface area (TPSA) is 94.0 Å². The zero-order valence-corrected chi connectivity index (χ0v) is 18.5. The Morgan fingerprint density at radius 3 is 2.91 bits per heavy atom. The van der Waals surface area contributed by atoms with E-state index in [1.54, 1.807) is 12.3 Å². The molecule has 0 unspecified atom stereocenters. The molecular formula is C25H26N6O2. The second kappa shape index (κ2) is 9.38. The summed E-state index contributed by atoms with van der Waals surface area (Å²) in [7, 11) is 1.88. The second-order valence-corrected chi connectivity index (χ2v) is 8.02. The van der Waals surface area contributed by atoms with Crippen molar-refractivity contribution in [1.29, 1.82) is 0 Å². The van der Waals surface area contributed by atoms with E-state index in [0.29, 0.717) is 12.3 Å². The summed E-state index contributed by atoms with van der Waals surface area (Å²) in [5.74, 6) is 0.478. The molecule has 1 amide bonds. The van der Waals surface area contributed by atoms with Crippen molar-refractivity contribution in [2.45, 2.75) is 25.8 Å². The lowest BCUT2D eigenvalue weighted by molar-refractivity contribution is 0.200. The monoisotopic (exact) mass is 442 g/mol. The van der Waals surface area contributed by atoms with Crippen molar-refractivity contribution in [3.63, 3.8) is 0 Å². The fourth-order valence-corrected chi connectivity index (χ4v) is 4.30. The predicted octanol–water partition coefficient (Wildman–Crippen LogP) is 3.80. The summed E-state index contributed by atoms with van der Waals surface area (Å²) in [5.41, 5.74) is 5.84. The van der Waals surface area contributed by atoms with Gasteiger partial charge >= 0.3 is 6.09 Å². The lowest BCUT2D eigenvalue weighted by Crippen LogP contribution is -2.29. The molecule has 1 aliphatic rings. The number of amides is 1. The van der Waals surface area contributed by atoms with Gasteiger partial charge in [0.1, 0.15) is 11.4 Å². The predicted molar refractivity (Wildman–Crippen MR) is 127 cm³/mol. The zero-order chi connectivity index (χ0) is 22.6. The van der Waals surface area contributed by atoms with Crippen LogP contribution in [-0.4, -0.2) is 46.0 Å². The van der Waals surface area contributed by atoms with Gasteiger partial charge in [-0.2, -0.15) is 5.10 Å². The maximum absolute atomic E-state index is 12.2. The molecule has 8 heteroatoms. The van der Waals surface area contributed by atoms with Crippen LogP contribution < -0.4 is 15.4 Å². The van der Waals surface area contributed by atoms with Crippen molar-refractivity contribution in [2.75, 3.05) is 20.1 Å². The first kappa shape index (κ1) is 21.1. The molecule has 33 heavy (non-hydrogen) atoms. The minimum Gasteiger partial charge on any atom is -0.410 e. The van der Waals surface area contributed by atoms with Gasteiger partial charge in [-0.25, -0.2) is 4.79 Å². The molecule has 2 N–H and O–H groups in total. The summed E-state index contributed by atoms with van der Waals surface area (Å²) in [6, 6.07) is 13.4. The van der Waals surface area contributed by atoms with Gasteiger partial charge in [0.05, 0.1) is 11.2 Å². The molecule has 0 aliphatic carbocycles. The third-order valence-corrected chi connectivity index (χ3v) is 5.81. The van der Waals surface area contributed by atoms with Crippen molar-refractivity contribution in [3.8, 4) is 28.3 Å². The fourth-order valence-electron chi connectivity index (χ4n) is 4.30. The average molecular weight is 443 g/mol. The Bertz CT molecular complexity index is 1290. The van der Waals surface area contributed by atoms with E-state index in [0.717, 1.165) is 65.8 Å². The number of nitrogens with zero attached hydrogens (tertiary/aromatic N) is 4. The first-order chi connectivity index (χ1) is 16.2. The first-order valence-corrected chi connectivity index (χ1v) is 11.2. The molecular weight excluding hydrogens is 416 g/mol. The van der Waals surface area contributed by atoms with Crippen LogP contribution in [0.3, 0.4) is 0 Å². The van der Waals surface area contributed by atoms with Crippen LogP contribution in [0.1, 0.15) is 18.5 Å². The number of aryl methyl sites for hydroxylation is 1. The van der Waals surface area contributed by atoms with Crippen LogP contribution >= 0.6 is 0 Å². The largest absolute Gasteiger partial charge is 0.412 e. The molecule has 3 aromatic heterocycles. The maximum atomic E-state index is 12.2. The Labute approximate surface area is 192 Å². The molecule has 0 saturated heterocycles. The molecule has 0 fully saturated rings. The highest BCUT2D eigenvalue weighted by Crippen LogP contribution is 2.40. The van der Waals surface area contributed by atoms with Crippen LogP contribution in [0.4, 0.5) is 4.79 Å². The summed E-state index contributed by atoms with van der Waals surface area (Å²) in [4.78, 5) is 21.3. The third kappa shape index (κ3) is 4.29. The van der Waals surface area contributed by atoms with Crippen LogP contribution in [0.25, 0.3) is 33.4 Å². The Morgan fingerprint density at radius 2 is 2.06 bits per heavy atom. The number of hydrogen-bond acceptors (Lipinski definition) is 6. The highest BCUT2D eigenvalue weighted by atomic mass is 16.6. The van der Waals surface area contributed by atoms with Crippen molar-refractivity contribution in [1.82, 2.24) is 30.4 Å². The first-order valence-electron chi connectivity index (χ1n) is 11.2. The van der Waals surface area contributed by atoms with E-state index in [-0.39, 0.29) is 0 Å². The van der Waals surface area contributed by atoms with Crippen LogP contribution in [0.15, 0.2) is 54.9 Å². The molecule has 0 saturated carbocycles. The lowest BCUT2D eigenvalue weighted by atomic mass is 9.96. The summed E-state index contributed by atoms with van der Waals surface area (Å²) < 4.78 is 7.64. The Balaban J connectivity index is 1.53. The number of carbonyl (C=O) groups is 1. The smallest absolute Gasteiger partial charge is 0.410 e. The average Bonchev–Trinajstić information content (AvgIpc) is 3.44. The molecule has 0 bridgehead atoms. The summed E-state index contributed by atoms with van der Waals surface area (Å²) >= 11 is 0. The summed E-state index contributed by atoms with van der Waals surface area (Å²) in [5, 5.41) is 11.6. The molecule has 5 rings (SSSR count). The van der Waals surface area contributed by atoms with E-state index in [1.807, 2.05) is 49.6 Å². The van der Waals surface area contributed by atoms with Crippen molar-refractivity contribution < 1.29 is 9.53 Å². The van der Waals surface area contributed by atoms with Crippen molar-refractivity contribution >= 4 is 17.0 Å². The van der Waals surface area contributed by atoms with Gasteiger partial charge in [-0.05, 0) is 74.8 Å². The molecule has 1 aromatic carbocycles. The minimum atomic E-state index is -0.462. The molecule has 0 spiro atoms. The molecule has 4 heterocycles. The lowest BCUT2D eigenvalue weighted by Gasteiger charge is -2.11. The molecule has 1 aliphatic heterocycles. The van der Waals surface area contributed by atoms with Crippen molar-refractivity contribution in [3.05, 3.63) is 60.6 Å². The van der Waals surface area contributed by atoms with Crippen molar-refractivity contribution in [2.24, 2.45) is 0 Å². The van der Waals surface area contributed by atoms with E-state index in [9.17, 15) is 4.79 Å². The normalized spacial score (nSPS) is 12.6. The number of benzene rings is 1. The number of rotatable bonds is 7. The molecule has 8 nitrogen and oxygen atoms in total. The molecule has 0 radical (unpaired) electrons. The minimum absolute atomic E-state index is 0.462. The Hall–Kier alpha value is -3.78. The number of aromatic nitrogens is 4. The second-order valence-electron chi connectivity index (χ2n) is 8.02. The van der Waals surface area contributed by atoms with E-state index in [4.69, 9.17) is 9.84 Å². The van der Waals surface area contributed by atoms with E-state index >= 15 is 0 Å². The Kier molecular flexibility index (Phi) is 5.99. The molecule has 168 valence electrons. The van der Waals surface area contributed by atoms with Gasteiger partial charge in [0.2, 0.25) is 0 Å². The van der Waals surface area contributed by atoms with Gasteiger partial charge in [0.15, 0.2) is 0 Å². The fraction of sp³-hybridized carbons (Fsp3) is 0.280. The SMILES string of the molecule is CNCCCNC(=O)Oc1ccc2nccc(-c3c(-c4ccccn4)nn4c3CCC4)c2c1. The third-order valence-electron chi connectivity index (χ3n) is 5.81. The highest BCUT2D eigenvalue weighted by Gasteiger charge is 2.25. The zero-order valence-electron chi connectivity index (χ0n) is 18.5. The summed E-state index contributed by atoms with van der Waals surface area (Å²) in [6.45, 7) is 2.29. The number of nitrogens with one attached hydrogen (secondary N) is 2. The number of fused-ring (bicyclic) bond motifs is 2. The highest BCUT2D eigenvalue weighted by molar-refractivity contribution is 5.99. The summed E-state index contributed by atoms with van der Waals surface area (Å²) in [6.07, 6.45) is 6.01. The van der Waals surface area contributed by atoms with Gasteiger partial charge in [0.25, 0.3) is 0 Å². The quantitative estimate of drug-likeness (QED) is 0.423. The van der Waals surface area contributed by atoms with E-state index in [2.05, 4.69) is 25.3 Å². The van der Waals surface area contributed by atoms with Gasteiger partial charge in [-0.3, -0.25) is 14.6 Å². The van der Waals surface area contributed by atoms with Gasteiger partial charge in [-0.1, -0.05) is 6.07 Å². The number of hydrogen-bond donors (Lipinski definition) is 2. The number of carbonyl (C=O) groups excluding carboxylic acids is 1. The Morgan fingerprint density at radius 1 is 1.12 bits per heavy atom. The van der Waals surface area contributed by atoms with Gasteiger partial charge < -0.3 is 15.4 Å². The number of pyridine rings is 2. The van der Waals surface area contributed by atoms with Crippen LogP contribution in [-0.2, 0) is 13.0 Å². The van der Waals surface area contributed by atoms with Gasteiger partial charge in [-0.15, -0.1) is 0 Å². The molecule has 4 aromatic rings. The van der Waals surface area contributed by atoms with E-state index < -0.39 is 6.09 Å². The number of ether oxygens (including phenoxy) is 1. The van der Waals surface area contributed by atoms with Gasteiger partial charge in [0, 0.05) is 42.1 Å². The maximum Gasteiger partial charge on any atom is 0.412 e. The molecule has 0 atom stereocenters.